The highest BCUT2D eigenvalue weighted by Gasteiger charge is 2.34. The number of nitrogens with one attached hydrogen (secondary N) is 1. The minimum atomic E-state index is -0.106. The number of piperidine rings is 2. The van der Waals surface area contributed by atoms with E-state index in [1.807, 2.05) is 16.7 Å². The van der Waals surface area contributed by atoms with Gasteiger partial charge in [-0.1, -0.05) is 18.3 Å². The molecule has 0 saturated carbocycles. The van der Waals surface area contributed by atoms with E-state index in [0.29, 0.717) is 44.0 Å². The van der Waals surface area contributed by atoms with E-state index in [1.165, 1.54) is 11.3 Å². The fraction of sp³-hybridized carbons (Fsp3) is 0.706. The average molecular weight is 379 g/mol. The molecule has 3 rings (SSSR count). The Bertz CT molecular complexity index is 643. The molecular weight excluding hydrogens is 354 g/mol. The van der Waals surface area contributed by atoms with Crippen LogP contribution >= 0.6 is 11.3 Å². The summed E-state index contributed by atoms with van der Waals surface area (Å²) in [5, 5.41) is 10.8. The Balaban J connectivity index is 1.48. The van der Waals surface area contributed by atoms with Crippen LogP contribution in [0.1, 0.15) is 39.0 Å². The van der Waals surface area contributed by atoms with E-state index >= 15 is 0 Å². The van der Waals surface area contributed by atoms with Crippen LogP contribution in [0.5, 0.6) is 0 Å². The lowest BCUT2D eigenvalue weighted by Crippen LogP contribution is -2.49. The molecular formula is C17H25N5O3S. The molecule has 1 atom stereocenters. The number of nitrogens with zero attached hydrogens (tertiary/aromatic N) is 4. The molecule has 1 unspecified atom stereocenters. The van der Waals surface area contributed by atoms with E-state index in [0.717, 1.165) is 19.4 Å². The van der Waals surface area contributed by atoms with Gasteiger partial charge in [0.25, 0.3) is 0 Å². The second kappa shape index (κ2) is 8.57. The molecule has 3 amide bonds. The van der Waals surface area contributed by atoms with Crippen molar-refractivity contribution in [3.63, 3.8) is 0 Å². The number of carbonyl (C=O) groups excluding carboxylic acids is 3. The molecule has 1 aromatic heterocycles. The summed E-state index contributed by atoms with van der Waals surface area (Å²) >= 11 is 1.29. The van der Waals surface area contributed by atoms with Crippen molar-refractivity contribution in [2.45, 2.75) is 39.0 Å². The maximum Gasteiger partial charge on any atom is 0.229 e. The van der Waals surface area contributed by atoms with Gasteiger partial charge in [-0.25, -0.2) is 0 Å². The maximum absolute atomic E-state index is 12.8. The Morgan fingerprint density at radius 2 is 1.92 bits per heavy atom. The van der Waals surface area contributed by atoms with Crippen LogP contribution in [-0.2, 0) is 14.4 Å². The summed E-state index contributed by atoms with van der Waals surface area (Å²) < 4.78 is 0. The molecule has 0 aromatic carbocycles. The zero-order valence-electron chi connectivity index (χ0n) is 15.0. The highest BCUT2D eigenvalue weighted by molar-refractivity contribution is 7.13. The van der Waals surface area contributed by atoms with Crippen LogP contribution in [0, 0.1) is 11.8 Å². The number of amides is 3. The number of anilines is 1. The minimum Gasteiger partial charge on any atom is -0.342 e. The van der Waals surface area contributed by atoms with Crippen LogP contribution in [0.25, 0.3) is 0 Å². The van der Waals surface area contributed by atoms with E-state index in [-0.39, 0.29) is 29.6 Å². The van der Waals surface area contributed by atoms with Gasteiger partial charge in [0, 0.05) is 38.5 Å². The summed E-state index contributed by atoms with van der Waals surface area (Å²) in [6.07, 6.45) is 3.50. The lowest BCUT2D eigenvalue weighted by molar-refractivity contribution is -0.142. The van der Waals surface area contributed by atoms with Crippen LogP contribution in [0.4, 0.5) is 5.13 Å². The van der Waals surface area contributed by atoms with E-state index in [2.05, 4.69) is 15.5 Å². The quantitative estimate of drug-likeness (QED) is 0.852. The first-order chi connectivity index (χ1) is 12.6. The first-order valence-corrected chi connectivity index (χ1v) is 10.1. The van der Waals surface area contributed by atoms with Gasteiger partial charge in [0.15, 0.2) is 0 Å². The zero-order valence-corrected chi connectivity index (χ0v) is 15.8. The SMILES string of the molecule is CCC(=O)N1CCCC(C(=O)N2CCC(C(=O)Nc3nncs3)CC2)C1. The summed E-state index contributed by atoms with van der Waals surface area (Å²) in [6, 6.07) is 0. The third kappa shape index (κ3) is 4.38. The van der Waals surface area contributed by atoms with Crippen molar-refractivity contribution in [3.8, 4) is 0 Å². The van der Waals surface area contributed by atoms with Gasteiger partial charge in [-0.15, -0.1) is 10.2 Å². The first-order valence-electron chi connectivity index (χ1n) is 9.22. The molecule has 0 radical (unpaired) electrons. The Kier molecular flexibility index (Phi) is 6.18. The van der Waals surface area contributed by atoms with Crippen molar-refractivity contribution < 1.29 is 14.4 Å². The van der Waals surface area contributed by atoms with Crippen molar-refractivity contribution in [3.05, 3.63) is 5.51 Å². The lowest BCUT2D eigenvalue weighted by Gasteiger charge is -2.37. The molecule has 2 fully saturated rings. The summed E-state index contributed by atoms with van der Waals surface area (Å²) in [5.74, 6) is -0.0131. The number of aromatic nitrogens is 2. The largest absolute Gasteiger partial charge is 0.342 e. The van der Waals surface area contributed by atoms with Gasteiger partial charge in [-0.2, -0.15) is 0 Å². The van der Waals surface area contributed by atoms with Crippen molar-refractivity contribution in [1.82, 2.24) is 20.0 Å². The Labute approximate surface area is 156 Å². The van der Waals surface area contributed by atoms with E-state index in [4.69, 9.17) is 0 Å². The first kappa shape index (κ1) is 18.8. The monoisotopic (exact) mass is 379 g/mol. The topological polar surface area (TPSA) is 95.5 Å². The van der Waals surface area contributed by atoms with E-state index < -0.39 is 0 Å². The lowest BCUT2D eigenvalue weighted by atomic mass is 9.92. The Hall–Kier alpha value is -2.03. The molecule has 3 heterocycles. The zero-order chi connectivity index (χ0) is 18.5. The highest BCUT2D eigenvalue weighted by Crippen LogP contribution is 2.24. The van der Waals surface area contributed by atoms with Crippen LogP contribution in [-0.4, -0.2) is 63.9 Å². The number of carbonyl (C=O) groups is 3. The Morgan fingerprint density at radius 3 is 2.58 bits per heavy atom. The number of rotatable bonds is 4. The highest BCUT2D eigenvalue weighted by atomic mass is 32.1. The van der Waals surface area contributed by atoms with Crippen molar-refractivity contribution >= 4 is 34.2 Å². The molecule has 142 valence electrons. The molecule has 9 heteroatoms. The van der Waals surface area contributed by atoms with Gasteiger partial charge in [0.2, 0.25) is 22.9 Å². The van der Waals surface area contributed by atoms with Gasteiger partial charge in [0.05, 0.1) is 5.92 Å². The van der Waals surface area contributed by atoms with E-state index in [9.17, 15) is 14.4 Å². The minimum absolute atomic E-state index is 0.0498. The van der Waals surface area contributed by atoms with Gasteiger partial charge in [0.1, 0.15) is 5.51 Å². The standard InChI is InChI=1S/C17H25N5O3S/c1-2-14(23)22-7-3-4-13(10-22)16(25)21-8-5-12(6-9-21)15(24)19-17-20-18-11-26-17/h11-13H,2-10H2,1H3,(H,19,20,24). The molecule has 26 heavy (non-hydrogen) atoms. The summed E-state index contributed by atoms with van der Waals surface area (Å²) in [5.41, 5.74) is 1.58. The predicted molar refractivity (Wildman–Crippen MR) is 97.4 cm³/mol. The average Bonchev–Trinajstić information content (AvgIpc) is 3.20. The van der Waals surface area contributed by atoms with E-state index in [1.54, 1.807) is 5.51 Å². The number of likely N-dealkylation sites (tertiary alicyclic amines) is 2. The van der Waals surface area contributed by atoms with Crippen molar-refractivity contribution in [2.75, 3.05) is 31.5 Å². The predicted octanol–water partition coefficient (Wildman–Crippen LogP) is 1.36. The summed E-state index contributed by atoms with van der Waals surface area (Å²) in [4.78, 5) is 40.7. The Morgan fingerprint density at radius 1 is 1.15 bits per heavy atom. The summed E-state index contributed by atoms with van der Waals surface area (Å²) in [6.45, 7) is 4.31. The maximum atomic E-state index is 12.8. The van der Waals surface area contributed by atoms with Crippen LogP contribution in [0.3, 0.4) is 0 Å². The third-order valence-corrected chi connectivity index (χ3v) is 5.80. The van der Waals surface area contributed by atoms with Gasteiger partial charge >= 0.3 is 0 Å². The molecule has 2 aliphatic heterocycles. The number of hydrogen-bond acceptors (Lipinski definition) is 6. The third-order valence-electron chi connectivity index (χ3n) is 5.19. The fourth-order valence-electron chi connectivity index (χ4n) is 3.68. The van der Waals surface area contributed by atoms with Crippen molar-refractivity contribution in [2.24, 2.45) is 11.8 Å². The second-order valence-corrected chi connectivity index (χ2v) is 7.70. The van der Waals surface area contributed by atoms with Crippen LogP contribution < -0.4 is 5.32 Å². The molecule has 0 aliphatic carbocycles. The molecule has 1 N–H and O–H groups in total. The summed E-state index contributed by atoms with van der Waals surface area (Å²) in [7, 11) is 0. The van der Waals surface area contributed by atoms with Gasteiger partial charge in [-0.3, -0.25) is 14.4 Å². The van der Waals surface area contributed by atoms with Gasteiger partial charge < -0.3 is 15.1 Å². The molecule has 0 bridgehead atoms. The molecule has 1 aromatic rings. The normalized spacial score (nSPS) is 21.5. The molecule has 0 spiro atoms. The molecule has 2 saturated heterocycles. The molecule has 8 nitrogen and oxygen atoms in total. The number of hydrogen-bond donors (Lipinski definition) is 1. The smallest absolute Gasteiger partial charge is 0.229 e. The fourth-order valence-corrected chi connectivity index (χ4v) is 4.13. The van der Waals surface area contributed by atoms with Crippen LogP contribution in [0.15, 0.2) is 5.51 Å². The van der Waals surface area contributed by atoms with Gasteiger partial charge in [-0.05, 0) is 25.7 Å². The van der Waals surface area contributed by atoms with Crippen LogP contribution in [0.2, 0.25) is 0 Å². The second-order valence-electron chi connectivity index (χ2n) is 6.87. The molecule has 2 aliphatic rings. The van der Waals surface area contributed by atoms with Crippen molar-refractivity contribution in [1.29, 1.82) is 0 Å².